The molecule has 0 saturated carbocycles. The predicted octanol–water partition coefficient (Wildman–Crippen LogP) is 6.46. The molecule has 6 rings (SSSR count). The third kappa shape index (κ3) is 4.97. The Balaban J connectivity index is 1.37. The summed E-state index contributed by atoms with van der Waals surface area (Å²) in [6.45, 7) is 0. The number of anilines is 1. The van der Waals surface area contributed by atoms with Crippen LogP contribution in [0.2, 0.25) is 0 Å². The highest BCUT2D eigenvalue weighted by atomic mass is 32.2. The molecular formula is C31H22FN3O5S2. The van der Waals surface area contributed by atoms with Gasteiger partial charge in [0.15, 0.2) is 15.9 Å². The molecule has 210 valence electrons. The number of fused-ring (bicyclic) bond motifs is 1. The number of hydrogen-bond donors (Lipinski definition) is 2. The molecule has 0 bridgehead atoms. The minimum atomic E-state index is -1.10. The topological polar surface area (TPSA) is 113 Å². The van der Waals surface area contributed by atoms with Crippen molar-refractivity contribution in [1.29, 1.82) is 0 Å². The highest BCUT2D eigenvalue weighted by Gasteiger charge is 2.48. The third-order valence-corrected chi connectivity index (χ3v) is 9.02. The van der Waals surface area contributed by atoms with Crippen LogP contribution >= 0.6 is 23.1 Å². The number of ether oxygens (including phenoxy) is 1. The molecule has 0 radical (unpaired) electrons. The molecule has 1 aromatic heterocycles. The van der Waals surface area contributed by atoms with E-state index in [9.17, 15) is 24.2 Å². The summed E-state index contributed by atoms with van der Waals surface area (Å²) in [7, 11) is 1.31. The molecule has 1 fully saturated rings. The smallest absolute Gasteiger partial charge is 0.301 e. The van der Waals surface area contributed by atoms with E-state index in [-0.39, 0.29) is 27.8 Å². The van der Waals surface area contributed by atoms with Gasteiger partial charge in [0.25, 0.3) is 5.78 Å². The first kappa shape index (κ1) is 27.4. The number of aromatic hydroxyl groups is 1. The second-order valence-corrected chi connectivity index (χ2v) is 11.6. The highest BCUT2D eigenvalue weighted by Crippen LogP contribution is 2.44. The van der Waals surface area contributed by atoms with E-state index in [0.717, 1.165) is 33.7 Å². The monoisotopic (exact) mass is 599 g/mol. The molecule has 1 atom stereocenters. The van der Waals surface area contributed by atoms with Crippen LogP contribution in [-0.2, 0) is 15.3 Å². The highest BCUT2D eigenvalue weighted by molar-refractivity contribution is 8.00. The molecule has 2 N–H and O–H groups in total. The third-order valence-electron chi connectivity index (χ3n) is 6.91. The molecule has 1 aliphatic heterocycles. The Labute approximate surface area is 247 Å². The van der Waals surface area contributed by atoms with E-state index < -0.39 is 29.3 Å². The lowest BCUT2D eigenvalue weighted by Gasteiger charge is -2.22. The fourth-order valence-corrected chi connectivity index (χ4v) is 6.76. The Morgan fingerprint density at radius 1 is 1.02 bits per heavy atom. The van der Waals surface area contributed by atoms with Crippen LogP contribution in [0.3, 0.4) is 0 Å². The average Bonchev–Trinajstić information content (AvgIpc) is 3.57. The molecule has 4 aromatic carbocycles. The van der Waals surface area contributed by atoms with Crippen LogP contribution in [0.1, 0.15) is 22.7 Å². The summed E-state index contributed by atoms with van der Waals surface area (Å²) in [6, 6.07) is 22.7. The van der Waals surface area contributed by atoms with Gasteiger partial charge in [-0.1, -0.05) is 77.7 Å². The van der Waals surface area contributed by atoms with Gasteiger partial charge in [-0.2, -0.15) is 0 Å². The second kappa shape index (κ2) is 11.3. The van der Waals surface area contributed by atoms with Gasteiger partial charge >= 0.3 is 5.91 Å². The normalized spacial score (nSPS) is 16.3. The van der Waals surface area contributed by atoms with Crippen molar-refractivity contribution in [3.63, 3.8) is 0 Å². The number of nitrogens with zero attached hydrogens (tertiary/aromatic N) is 3. The number of halogens is 1. The molecule has 1 saturated heterocycles. The van der Waals surface area contributed by atoms with Crippen molar-refractivity contribution in [2.45, 2.75) is 16.1 Å². The molecule has 0 aliphatic carbocycles. The molecule has 8 nitrogen and oxygen atoms in total. The maximum atomic E-state index is 14.5. The Morgan fingerprint density at radius 2 is 1.79 bits per heavy atom. The number of thioether (sulfide) groups is 1. The zero-order valence-corrected chi connectivity index (χ0v) is 23.7. The van der Waals surface area contributed by atoms with Crippen LogP contribution < -0.4 is 9.64 Å². The van der Waals surface area contributed by atoms with Crippen LogP contribution in [0.5, 0.6) is 11.5 Å². The Kier molecular flexibility index (Phi) is 7.36. The maximum Gasteiger partial charge on any atom is 0.301 e. The lowest BCUT2D eigenvalue weighted by Crippen LogP contribution is -2.29. The molecule has 42 heavy (non-hydrogen) atoms. The van der Waals surface area contributed by atoms with Crippen molar-refractivity contribution < 1.29 is 28.9 Å². The van der Waals surface area contributed by atoms with E-state index in [4.69, 9.17) is 4.74 Å². The molecule has 1 amide bonds. The summed E-state index contributed by atoms with van der Waals surface area (Å²) >= 11 is 2.59. The van der Waals surface area contributed by atoms with E-state index in [1.165, 1.54) is 60.2 Å². The fraction of sp³-hybridized carbons (Fsp3) is 0.0968. The Bertz CT molecular complexity index is 1870. The number of carbonyl (C=O) groups is 2. The number of aromatic nitrogens is 2. The molecule has 1 aliphatic rings. The summed E-state index contributed by atoms with van der Waals surface area (Å²) in [5.41, 5.74) is 1.31. The lowest BCUT2D eigenvalue weighted by atomic mass is 9.95. The number of phenolic OH excluding ortho intramolecular Hbond substituents is 1. The van der Waals surface area contributed by atoms with Gasteiger partial charge < -0.3 is 14.9 Å². The second-order valence-electron chi connectivity index (χ2n) is 9.39. The number of amides is 1. The van der Waals surface area contributed by atoms with Gasteiger partial charge in [0.2, 0.25) is 5.13 Å². The molecule has 0 unspecified atom stereocenters. The zero-order valence-electron chi connectivity index (χ0n) is 22.0. The zero-order chi connectivity index (χ0) is 29.4. The summed E-state index contributed by atoms with van der Waals surface area (Å²) in [5, 5.41) is 32.0. The largest absolute Gasteiger partial charge is 0.508 e. The van der Waals surface area contributed by atoms with Crippen LogP contribution in [0, 0.1) is 5.82 Å². The number of rotatable bonds is 7. The fourth-order valence-electron chi connectivity index (χ4n) is 4.89. The summed E-state index contributed by atoms with van der Waals surface area (Å²) < 4.78 is 20.0. The maximum absolute atomic E-state index is 14.5. The molecular weight excluding hydrogens is 577 g/mol. The summed E-state index contributed by atoms with van der Waals surface area (Å²) in [4.78, 5) is 28.0. The number of hydrogen-bond acceptors (Lipinski definition) is 9. The number of aliphatic hydroxyl groups excluding tert-OH is 1. The number of Topliss-reactive ketones (excluding diaryl/α,β-unsaturated/α-hetero) is 1. The van der Waals surface area contributed by atoms with Crippen molar-refractivity contribution in [3.05, 3.63) is 113 Å². The van der Waals surface area contributed by atoms with Gasteiger partial charge in [-0.05, 0) is 52.2 Å². The first-order valence-electron chi connectivity index (χ1n) is 12.7. The van der Waals surface area contributed by atoms with Gasteiger partial charge in [0.1, 0.15) is 11.5 Å². The van der Waals surface area contributed by atoms with Crippen LogP contribution in [-0.4, -0.2) is 39.2 Å². The number of methoxy groups -OCH3 is 1. The Hall–Kier alpha value is -4.74. The van der Waals surface area contributed by atoms with Gasteiger partial charge in [-0.25, -0.2) is 4.39 Å². The first-order chi connectivity index (χ1) is 20.4. The number of aliphatic hydroxyl groups is 1. The summed E-state index contributed by atoms with van der Waals surface area (Å²) in [5.74, 6) is -2.61. The van der Waals surface area contributed by atoms with Crippen molar-refractivity contribution in [3.8, 4) is 11.5 Å². The summed E-state index contributed by atoms with van der Waals surface area (Å²) in [6.07, 6.45) is 0. The van der Waals surface area contributed by atoms with Crippen LogP contribution in [0.4, 0.5) is 9.52 Å². The van der Waals surface area contributed by atoms with Crippen molar-refractivity contribution in [1.82, 2.24) is 10.2 Å². The van der Waals surface area contributed by atoms with E-state index in [1.807, 2.05) is 36.4 Å². The number of benzene rings is 4. The van der Waals surface area contributed by atoms with Gasteiger partial charge in [-0.3, -0.25) is 14.5 Å². The molecule has 2 heterocycles. The first-order valence-corrected chi connectivity index (χ1v) is 14.5. The number of carbonyl (C=O) groups excluding carboxylic acids is 2. The SMILES string of the molecule is COc1ccc(C(O)=C2C(=O)C(=O)N(c3nnc(SCc4cccc5ccccc45)s3)[C@@H]2c2ccc(O)cc2)cc1F. The van der Waals surface area contributed by atoms with Gasteiger partial charge in [0.05, 0.1) is 18.7 Å². The van der Waals surface area contributed by atoms with E-state index in [0.29, 0.717) is 15.7 Å². The standard InChI is InChI=1S/C31H22FN3O5S2/c1-40-24-14-11-19(15-23(24)32)27(37)25-26(18-9-12-21(36)13-10-18)35(29(39)28(25)38)30-33-34-31(42-30)41-16-20-7-4-6-17-5-2-3-8-22(17)20/h2-15,26,36-37H,16H2,1H3/t26-/m1/s1. The van der Waals surface area contributed by atoms with Gasteiger partial charge in [0, 0.05) is 11.3 Å². The van der Waals surface area contributed by atoms with E-state index >= 15 is 0 Å². The van der Waals surface area contributed by atoms with Crippen LogP contribution in [0.15, 0.2) is 94.8 Å². The minimum absolute atomic E-state index is 0.00123. The molecule has 0 spiro atoms. The van der Waals surface area contributed by atoms with Crippen molar-refractivity contribution in [2.24, 2.45) is 0 Å². The van der Waals surface area contributed by atoms with E-state index in [1.54, 1.807) is 0 Å². The van der Waals surface area contributed by atoms with Crippen LogP contribution in [0.25, 0.3) is 16.5 Å². The van der Waals surface area contributed by atoms with Gasteiger partial charge in [-0.15, -0.1) is 10.2 Å². The molecule has 5 aromatic rings. The van der Waals surface area contributed by atoms with Crippen molar-refractivity contribution >= 4 is 56.5 Å². The average molecular weight is 600 g/mol. The Morgan fingerprint density at radius 3 is 2.55 bits per heavy atom. The minimum Gasteiger partial charge on any atom is -0.508 e. The van der Waals surface area contributed by atoms with Crippen molar-refractivity contribution in [2.75, 3.05) is 12.0 Å². The lowest BCUT2D eigenvalue weighted by molar-refractivity contribution is -0.132. The molecule has 11 heteroatoms. The van der Waals surface area contributed by atoms with E-state index in [2.05, 4.69) is 16.3 Å². The predicted molar refractivity (Wildman–Crippen MR) is 159 cm³/mol. The number of phenols is 1. The quantitative estimate of drug-likeness (QED) is 0.0721. The number of ketones is 1.